The molecule has 0 N–H and O–H groups in total. The molecule has 0 fully saturated rings. The summed E-state index contributed by atoms with van der Waals surface area (Å²) in [5.74, 6) is 1.73. The Labute approximate surface area is 212 Å². The van der Waals surface area contributed by atoms with Crippen molar-refractivity contribution in [3.8, 4) is 17.2 Å². The minimum atomic E-state index is 0.865. The van der Waals surface area contributed by atoms with E-state index in [1.54, 1.807) is 0 Å². The lowest BCUT2D eigenvalue weighted by Crippen LogP contribution is -2.15. The predicted molar refractivity (Wildman–Crippen MR) is 151 cm³/mol. The van der Waals surface area contributed by atoms with Crippen LogP contribution in [0, 0.1) is 0 Å². The minimum Gasteiger partial charge on any atom is -0.453 e. The van der Waals surface area contributed by atoms with Crippen molar-refractivity contribution in [2.75, 3.05) is 4.90 Å². The molecule has 0 atom stereocenters. The minimum absolute atomic E-state index is 0.865. The van der Waals surface area contributed by atoms with E-state index < -0.39 is 0 Å². The molecular formula is C32H20N2OS. The lowest BCUT2D eigenvalue weighted by atomic mass is 10.1. The van der Waals surface area contributed by atoms with Gasteiger partial charge in [-0.25, -0.2) is 0 Å². The second-order valence-corrected chi connectivity index (χ2v) is 10.1. The van der Waals surface area contributed by atoms with Gasteiger partial charge < -0.3 is 14.2 Å². The van der Waals surface area contributed by atoms with Crippen LogP contribution >= 0.6 is 11.3 Å². The number of hydrogen-bond acceptors (Lipinski definition) is 3. The van der Waals surface area contributed by atoms with Gasteiger partial charge in [0, 0.05) is 43.1 Å². The summed E-state index contributed by atoms with van der Waals surface area (Å²) in [6.45, 7) is 0. The Morgan fingerprint density at radius 3 is 1.97 bits per heavy atom. The molecule has 8 rings (SSSR count). The van der Waals surface area contributed by atoms with Gasteiger partial charge in [-0.15, -0.1) is 11.3 Å². The van der Waals surface area contributed by atoms with Crippen LogP contribution in [0.2, 0.25) is 0 Å². The van der Waals surface area contributed by atoms with Crippen molar-refractivity contribution in [1.82, 2.24) is 4.57 Å². The van der Waals surface area contributed by atoms with Crippen molar-refractivity contribution >= 4 is 59.5 Å². The van der Waals surface area contributed by atoms with Crippen molar-refractivity contribution in [3.05, 3.63) is 121 Å². The number of rotatable bonds is 2. The van der Waals surface area contributed by atoms with Gasteiger partial charge in [0.2, 0.25) is 0 Å². The predicted octanol–water partition coefficient (Wildman–Crippen LogP) is 9.57. The number of para-hydroxylation sites is 4. The van der Waals surface area contributed by atoms with E-state index in [4.69, 9.17) is 4.74 Å². The quantitative estimate of drug-likeness (QED) is 0.245. The molecule has 7 aromatic rings. The first-order valence-corrected chi connectivity index (χ1v) is 12.8. The molecule has 0 unspecified atom stereocenters. The average molecular weight is 481 g/mol. The van der Waals surface area contributed by atoms with E-state index in [1.165, 1.54) is 31.1 Å². The molecule has 0 saturated heterocycles. The number of ether oxygens (including phenoxy) is 1. The molecule has 0 aliphatic carbocycles. The fourth-order valence-corrected chi connectivity index (χ4v) is 6.60. The van der Waals surface area contributed by atoms with Gasteiger partial charge >= 0.3 is 0 Å². The van der Waals surface area contributed by atoms with E-state index >= 15 is 0 Å². The van der Waals surface area contributed by atoms with Gasteiger partial charge in [0.25, 0.3) is 0 Å². The van der Waals surface area contributed by atoms with Gasteiger partial charge in [-0.3, -0.25) is 0 Å². The van der Waals surface area contributed by atoms with Crippen LogP contribution in [0.4, 0.5) is 17.1 Å². The molecule has 1 aliphatic rings. The van der Waals surface area contributed by atoms with Crippen LogP contribution in [0.15, 0.2) is 121 Å². The molecule has 0 radical (unpaired) electrons. The van der Waals surface area contributed by atoms with Crippen molar-refractivity contribution in [3.63, 3.8) is 0 Å². The third kappa shape index (κ3) is 2.79. The molecule has 0 amide bonds. The first kappa shape index (κ1) is 19.7. The monoisotopic (exact) mass is 480 g/mol. The highest BCUT2D eigenvalue weighted by atomic mass is 32.1. The van der Waals surface area contributed by atoms with E-state index in [1.807, 2.05) is 35.6 Å². The van der Waals surface area contributed by atoms with Crippen molar-refractivity contribution in [2.45, 2.75) is 0 Å². The second kappa shape index (κ2) is 7.48. The molecule has 4 heteroatoms. The summed E-state index contributed by atoms with van der Waals surface area (Å²) in [6.07, 6.45) is 2.18. The molecule has 0 spiro atoms. The van der Waals surface area contributed by atoms with Crippen molar-refractivity contribution < 1.29 is 4.74 Å². The fraction of sp³-hybridized carbons (Fsp3) is 0. The Hall–Kier alpha value is -4.54. The van der Waals surface area contributed by atoms with Gasteiger partial charge in [0.15, 0.2) is 11.5 Å². The van der Waals surface area contributed by atoms with E-state index in [0.29, 0.717) is 0 Å². The Balaban J connectivity index is 1.24. The Morgan fingerprint density at radius 2 is 1.19 bits per heavy atom. The highest BCUT2D eigenvalue weighted by Gasteiger charge is 2.25. The molecule has 0 saturated carbocycles. The fourth-order valence-electron chi connectivity index (χ4n) is 5.37. The smallest absolute Gasteiger partial charge is 0.151 e. The molecule has 1 aliphatic heterocycles. The molecule has 3 heterocycles. The maximum atomic E-state index is 6.17. The lowest BCUT2D eigenvalue weighted by molar-refractivity contribution is 0.477. The van der Waals surface area contributed by atoms with Crippen LogP contribution in [-0.2, 0) is 0 Å². The third-order valence-corrected chi connectivity index (χ3v) is 8.25. The first-order valence-electron chi connectivity index (χ1n) is 12.0. The Kier molecular flexibility index (Phi) is 4.10. The molecule has 3 nitrogen and oxygen atoms in total. The standard InChI is InChI=1S/C32H20N2OS/c1-6-12-31-23(7-1)24-17-18-26-25(32(24)36-31)19-20-33(26)21-13-15-22(16-14-21)34-27-8-2-4-10-29(27)35-30-11-5-3-9-28(30)34/h1-20H. The summed E-state index contributed by atoms with van der Waals surface area (Å²) in [5, 5.41) is 3.97. The van der Waals surface area contributed by atoms with Gasteiger partial charge in [0.1, 0.15) is 0 Å². The van der Waals surface area contributed by atoms with Crippen molar-refractivity contribution in [1.29, 1.82) is 0 Å². The van der Waals surface area contributed by atoms with Crippen LogP contribution in [-0.4, -0.2) is 4.57 Å². The number of thiophene rings is 1. The van der Waals surface area contributed by atoms with E-state index in [9.17, 15) is 0 Å². The SMILES string of the molecule is c1ccc2c(c1)Oc1ccccc1N2c1ccc(-n2ccc3c4sc5ccccc5c4ccc32)cc1. The first-order chi connectivity index (χ1) is 17.8. The van der Waals surface area contributed by atoms with E-state index in [0.717, 1.165) is 34.2 Å². The zero-order valence-corrected chi connectivity index (χ0v) is 20.1. The van der Waals surface area contributed by atoms with E-state index in [-0.39, 0.29) is 0 Å². The van der Waals surface area contributed by atoms with Crippen LogP contribution in [0.25, 0.3) is 36.8 Å². The molecular weight excluding hydrogens is 460 g/mol. The van der Waals surface area contributed by atoms with Crippen LogP contribution in [0.3, 0.4) is 0 Å². The summed E-state index contributed by atoms with van der Waals surface area (Å²) < 4.78 is 11.1. The normalized spacial score (nSPS) is 12.6. The number of benzene rings is 5. The third-order valence-electron chi connectivity index (χ3n) is 7.03. The summed E-state index contributed by atoms with van der Waals surface area (Å²) in [6, 6.07) is 40.6. The average Bonchev–Trinajstić information content (AvgIpc) is 3.53. The lowest BCUT2D eigenvalue weighted by Gasteiger charge is -2.32. The van der Waals surface area contributed by atoms with Crippen molar-refractivity contribution in [2.24, 2.45) is 0 Å². The summed E-state index contributed by atoms with van der Waals surface area (Å²) in [7, 11) is 0. The molecule has 170 valence electrons. The molecule has 5 aromatic carbocycles. The highest BCUT2D eigenvalue weighted by Crippen LogP contribution is 2.50. The zero-order valence-electron chi connectivity index (χ0n) is 19.3. The number of fused-ring (bicyclic) bond motifs is 7. The van der Waals surface area contributed by atoms with Crippen LogP contribution < -0.4 is 9.64 Å². The molecule has 0 bridgehead atoms. The maximum absolute atomic E-state index is 6.17. The number of hydrogen-bond donors (Lipinski definition) is 0. The van der Waals surface area contributed by atoms with Gasteiger partial charge in [-0.05, 0) is 66.7 Å². The van der Waals surface area contributed by atoms with Gasteiger partial charge in [-0.1, -0.05) is 48.5 Å². The van der Waals surface area contributed by atoms with Crippen LogP contribution in [0.1, 0.15) is 0 Å². The Bertz CT molecular complexity index is 1880. The van der Waals surface area contributed by atoms with Gasteiger partial charge in [-0.2, -0.15) is 0 Å². The second-order valence-electron chi connectivity index (χ2n) is 9.05. The maximum Gasteiger partial charge on any atom is 0.151 e. The number of aromatic nitrogens is 1. The molecule has 36 heavy (non-hydrogen) atoms. The molecule has 2 aromatic heterocycles. The zero-order chi connectivity index (χ0) is 23.6. The summed E-state index contributed by atoms with van der Waals surface area (Å²) >= 11 is 1.88. The number of nitrogens with zero attached hydrogens (tertiary/aromatic N) is 2. The van der Waals surface area contributed by atoms with Crippen LogP contribution in [0.5, 0.6) is 11.5 Å². The van der Waals surface area contributed by atoms with E-state index in [2.05, 4.69) is 107 Å². The topological polar surface area (TPSA) is 17.4 Å². The summed E-state index contributed by atoms with van der Waals surface area (Å²) in [5.41, 5.74) is 5.56. The highest BCUT2D eigenvalue weighted by molar-refractivity contribution is 7.26. The van der Waals surface area contributed by atoms with Gasteiger partial charge in [0.05, 0.1) is 16.9 Å². The Morgan fingerprint density at radius 1 is 0.528 bits per heavy atom. The number of anilines is 3. The largest absolute Gasteiger partial charge is 0.453 e. The summed E-state index contributed by atoms with van der Waals surface area (Å²) in [4.78, 5) is 2.27.